The quantitative estimate of drug-likeness (QED) is 0.783. The molecule has 0 spiro atoms. The zero-order chi connectivity index (χ0) is 14.8. The van der Waals surface area contributed by atoms with Crippen LogP contribution in [-0.2, 0) is 4.79 Å². The normalized spacial score (nSPS) is 21.3. The molecular weight excluding hydrogens is 325 g/mol. The minimum Gasteiger partial charge on any atom is -0.325 e. The number of nitrogens with one attached hydrogen (secondary N) is 1. The average Bonchev–Trinajstić information content (AvgIpc) is 2.63. The Balaban J connectivity index is 2.03. The minimum atomic E-state index is -0.287. The molecule has 0 saturated carbocycles. The highest BCUT2D eigenvalue weighted by atomic mass is 35.5. The lowest BCUT2D eigenvalue weighted by Crippen LogP contribution is -2.26. The van der Waals surface area contributed by atoms with Crippen LogP contribution in [0.4, 0.5) is 5.69 Å². The molecule has 0 aliphatic carbocycles. The Morgan fingerprint density at radius 1 is 1.10 bits per heavy atom. The first kappa shape index (κ1) is 14.8. The molecule has 5 heteroatoms. The van der Waals surface area contributed by atoms with Crippen molar-refractivity contribution in [3.05, 3.63) is 59.1 Å². The van der Waals surface area contributed by atoms with Crippen molar-refractivity contribution in [2.24, 2.45) is 5.92 Å². The van der Waals surface area contributed by atoms with Gasteiger partial charge in [-0.05, 0) is 29.8 Å². The van der Waals surface area contributed by atoms with Crippen molar-refractivity contribution in [3.8, 4) is 0 Å². The Kier molecular flexibility index (Phi) is 4.43. The van der Waals surface area contributed by atoms with Crippen LogP contribution in [0, 0.1) is 5.92 Å². The molecule has 0 radical (unpaired) electrons. The molecule has 1 heterocycles. The van der Waals surface area contributed by atoms with Crippen molar-refractivity contribution in [2.75, 3.05) is 11.2 Å². The third kappa shape index (κ3) is 3.05. The molecule has 1 aliphatic rings. The van der Waals surface area contributed by atoms with Crippen LogP contribution in [0.15, 0.2) is 53.4 Å². The number of hydrogen-bond acceptors (Lipinski definition) is 2. The number of halogens is 2. The third-order valence-electron chi connectivity index (χ3n) is 3.47. The van der Waals surface area contributed by atoms with Gasteiger partial charge in [0.1, 0.15) is 0 Å². The lowest BCUT2D eigenvalue weighted by atomic mass is 9.99. The lowest BCUT2D eigenvalue weighted by molar-refractivity contribution is -0.119. The molecule has 0 aromatic heterocycles. The summed E-state index contributed by atoms with van der Waals surface area (Å²) in [5.74, 6) is -0.0484. The molecule has 0 saturated heterocycles. The monoisotopic (exact) mass is 337 g/mol. The van der Waals surface area contributed by atoms with Gasteiger partial charge in [-0.25, -0.2) is 0 Å². The molecule has 108 valence electrons. The molecular formula is C16H13Cl2NOS. The molecule has 1 N–H and O–H groups in total. The molecule has 1 amide bonds. The molecule has 2 atom stereocenters. The summed E-state index contributed by atoms with van der Waals surface area (Å²) in [6.45, 7) is 0. The average molecular weight is 338 g/mol. The second-order valence-electron chi connectivity index (χ2n) is 4.84. The van der Waals surface area contributed by atoms with Crippen molar-refractivity contribution in [2.45, 2.75) is 10.1 Å². The number of anilines is 1. The van der Waals surface area contributed by atoms with E-state index in [1.165, 1.54) is 0 Å². The summed E-state index contributed by atoms with van der Waals surface area (Å²) in [5.41, 5.74) is 1.90. The smallest absolute Gasteiger partial charge is 0.230 e. The second-order valence-corrected chi connectivity index (χ2v) is 6.76. The fourth-order valence-corrected chi connectivity index (χ4v) is 4.26. The van der Waals surface area contributed by atoms with Crippen molar-refractivity contribution in [1.82, 2.24) is 0 Å². The zero-order valence-corrected chi connectivity index (χ0v) is 13.4. The predicted octanol–water partition coefficient (Wildman–Crippen LogP) is 4.98. The van der Waals surface area contributed by atoms with E-state index < -0.39 is 0 Å². The number of hydrogen-bond donors (Lipinski definition) is 1. The highest BCUT2D eigenvalue weighted by Crippen LogP contribution is 2.46. The van der Waals surface area contributed by atoms with E-state index in [2.05, 4.69) is 5.32 Å². The summed E-state index contributed by atoms with van der Waals surface area (Å²) in [7, 11) is 0. The van der Waals surface area contributed by atoms with E-state index in [4.69, 9.17) is 23.2 Å². The maximum atomic E-state index is 12.4. The Bertz CT molecular complexity index is 660. The van der Waals surface area contributed by atoms with Gasteiger partial charge < -0.3 is 5.32 Å². The fourth-order valence-electron chi connectivity index (χ4n) is 2.36. The number of benzene rings is 2. The molecule has 1 aliphatic heterocycles. The van der Waals surface area contributed by atoms with Crippen LogP contribution in [0.5, 0.6) is 0 Å². The van der Waals surface area contributed by atoms with Gasteiger partial charge in [0.15, 0.2) is 0 Å². The molecule has 21 heavy (non-hydrogen) atoms. The van der Waals surface area contributed by atoms with Crippen molar-refractivity contribution in [1.29, 1.82) is 0 Å². The fraction of sp³-hybridized carbons (Fsp3) is 0.188. The number of fused-ring (bicyclic) bond motifs is 1. The Labute approximate surface area is 137 Å². The maximum absolute atomic E-state index is 12.4. The third-order valence-corrected chi connectivity index (χ3v) is 5.51. The number of rotatable bonds is 2. The highest BCUT2D eigenvalue weighted by Gasteiger charge is 2.33. The van der Waals surface area contributed by atoms with Crippen molar-refractivity contribution < 1.29 is 4.79 Å². The summed E-state index contributed by atoms with van der Waals surface area (Å²) in [6, 6.07) is 15.4. The molecule has 0 bridgehead atoms. The van der Waals surface area contributed by atoms with E-state index in [1.807, 2.05) is 48.5 Å². The number of para-hydroxylation sites is 1. The van der Waals surface area contributed by atoms with Crippen LogP contribution in [0.25, 0.3) is 0 Å². The van der Waals surface area contributed by atoms with E-state index in [9.17, 15) is 4.79 Å². The maximum Gasteiger partial charge on any atom is 0.230 e. The van der Waals surface area contributed by atoms with Gasteiger partial charge in [0.05, 0.1) is 11.6 Å². The van der Waals surface area contributed by atoms with Crippen LogP contribution in [0.3, 0.4) is 0 Å². The van der Waals surface area contributed by atoms with Gasteiger partial charge in [-0.1, -0.05) is 35.9 Å². The van der Waals surface area contributed by atoms with Gasteiger partial charge in [-0.15, -0.1) is 23.4 Å². The number of amides is 1. The molecule has 2 nitrogen and oxygen atoms in total. The first-order chi connectivity index (χ1) is 10.2. The summed E-state index contributed by atoms with van der Waals surface area (Å²) in [4.78, 5) is 13.5. The SMILES string of the molecule is O=C1Nc2ccccc2SC(c2ccc(Cl)cc2)C1CCl. The number of thioether (sulfide) groups is 1. The van der Waals surface area contributed by atoms with Crippen LogP contribution in [0.2, 0.25) is 5.02 Å². The molecule has 3 rings (SSSR count). The van der Waals surface area contributed by atoms with Crippen LogP contribution in [0.1, 0.15) is 10.8 Å². The predicted molar refractivity (Wildman–Crippen MR) is 89.3 cm³/mol. The van der Waals surface area contributed by atoms with Crippen LogP contribution >= 0.6 is 35.0 Å². The van der Waals surface area contributed by atoms with Gasteiger partial charge in [0.25, 0.3) is 0 Å². The molecule has 2 aromatic rings. The largest absolute Gasteiger partial charge is 0.325 e. The number of carbonyl (C=O) groups excluding carboxylic acids is 1. The van der Waals surface area contributed by atoms with Crippen molar-refractivity contribution >= 4 is 46.6 Å². The van der Waals surface area contributed by atoms with Gasteiger partial charge >= 0.3 is 0 Å². The van der Waals surface area contributed by atoms with Gasteiger partial charge in [-0.2, -0.15) is 0 Å². The van der Waals surface area contributed by atoms with Crippen molar-refractivity contribution in [3.63, 3.8) is 0 Å². The van der Waals surface area contributed by atoms with E-state index in [-0.39, 0.29) is 23.0 Å². The number of carbonyl (C=O) groups is 1. The Hall–Kier alpha value is -1.16. The lowest BCUT2D eigenvalue weighted by Gasteiger charge is -2.21. The number of alkyl halides is 1. The minimum absolute atomic E-state index is 0.0246. The summed E-state index contributed by atoms with van der Waals surface area (Å²) in [6.07, 6.45) is 0. The first-order valence-electron chi connectivity index (χ1n) is 6.57. The van der Waals surface area contributed by atoms with E-state index in [0.29, 0.717) is 5.02 Å². The topological polar surface area (TPSA) is 29.1 Å². The summed E-state index contributed by atoms with van der Waals surface area (Å²) >= 11 is 13.7. The standard InChI is InChI=1S/C16H13Cl2NOS/c17-9-12-15(10-5-7-11(18)8-6-10)21-14-4-2-1-3-13(14)19-16(12)20/h1-8,12,15H,9H2,(H,19,20). The van der Waals surface area contributed by atoms with Gasteiger partial charge in [0.2, 0.25) is 5.91 Å². The second kappa shape index (κ2) is 6.30. The van der Waals surface area contributed by atoms with E-state index in [1.54, 1.807) is 11.8 Å². The zero-order valence-electron chi connectivity index (χ0n) is 11.1. The van der Waals surface area contributed by atoms with Gasteiger partial charge in [0, 0.05) is 21.0 Å². The van der Waals surface area contributed by atoms with E-state index in [0.717, 1.165) is 16.1 Å². The summed E-state index contributed by atoms with van der Waals surface area (Å²) < 4.78 is 0. The molecule has 2 aromatic carbocycles. The Morgan fingerprint density at radius 2 is 1.81 bits per heavy atom. The van der Waals surface area contributed by atoms with E-state index >= 15 is 0 Å². The van der Waals surface area contributed by atoms with Crippen LogP contribution < -0.4 is 5.32 Å². The van der Waals surface area contributed by atoms with Crippen LogP contribution in [-0.4, -0.2) is 11.8 Å². The molecule has 0 fully saturated rings. The highest BCUT2D eigenvalue weighted by molar-refractivity contribution is 7.99. The first-order valence-corrected chi connectivity index (χ1v) is 8.36. The van der Waals surface area contributed by atoms with Gasteiger partial charge in [-0.3, -0.25) is 4.79 Å². The Morgan fingerprint density at radius 3 is 2.52 bits per heavy atom. The summed E-state index contributed by atoms with van der Waals surface area (Å²) in [5, 5.41) is 3.62. The molecule has 2 unspecified atom stereocenters.